The number of likely N-dealkylation sites (tertiary alicyclic amines) is 2. The fraction of sp³-hybridized carbons (Fsp3) is 0.875. The van der Waals surface area contributed by atoms with Gasteiger partial charge in [-0.15, -0.1) is 0 Å². The maximum Gasteiger partial charge on any atom is 0.471 e. The number of ether oxygens (including phenoxy) is 1. The predicted molar refractivity (Wildman–Crippen MR) is 85.6 cm³/mol. The molecular formula is C16H23F6N3O3. The Hall–Kier alpha value is -1.72. The van der Waals surface area contributed by atoms with Gasteiger partial charge in [0.2, 0.25) is 0 Å². The molecule has 0 radical (unpaired) electrons. The summed E-state index contributed by atoms with van der Waals surface area (Å²) >= 11 is 0. The second-order valence-electron chi connectivity index (χ2n) is 8.03. The van der Waals surface area contributed by atoms with Crippen LogP contribution in [0.25, 0.3) is 0 Å². The Balaban J connectivity index is 2.07. The van der Waals surface area contributed by atoms with E-state index in [9.17, 15) is 35.9 Å². The number of amides is 2. The molecule has 0 aromatic rings. The van der Waals surface area contributed by atoms with Gasteiger partial charge >= 0.3 is 18.2 Å². The molecule has 2 rings (SSSR count). The van der Waals surface area contributed by atoms with E-state index < -0.39 is 74.6 Å². The van der Waals surface area contributed by atoms with Gasteiger partial charge < -0.3 is 14.5 Å². The normalized spacial score (nSPS) is 25.4. The number of nitrogens with zero attached hydrogens (tertiary/aromatic N) is 3. The molecule has 2 heterocycles. The van der Waals surface area contributed by atoms with Crippen LogP contribution in [0.5, 0.6) is 0 Å². The molecule has 162 valence electrons. The van der Waals surface area contributed by atoms with Crippen LogP contribution in [0.2, 0.25) is 0 Å². The lowest BCUT2D eigenvalue weighted by molar-refractivity contribution is -0.189. The quantitative estimate of drug-likeness (QED) is 0.657. The van der Waals surface area contributed by atoms with E-state index in [1.807, 2.05) is 0 Å². The third-order valence-corrected chi connectivity index (χ3v) is 4.34. The zero-order valence-corrected chi connectivity index (χ0v) is 15.7. The summed E-state index contributed by atoms with van der Waals surface area (Å²) in [6.45, 7) is 1.63. The lowest BCUT2D eigenvalue weighted by atomic mass is 10.1. The molecule has 12 heteroatoms. The van der Waals surface area contributed by atoms with Crippen LogP contribution >= 0.6 is 0 Å². The highest BCUT2D eigenvalue weighted by Crippen LogP contribution is 2.29. The van der Waals surface area contributed by atoms with Gasteiger partial charge in [0.05, 0.1) is 25.7 Å². The van der Waals surface area contributed by atoms with Gasteiger partial charge in [0.15, 0.2) is 0 Å². The highest BCUT2D eigenvalue weighted by atomic mass is 19.4. The molecule has 0 unspecified atom stereocenters. The Kier molecular flexibility index (Phi) is 6.13. The van der Waals surface area contributed by atoms with E-state index in [1.165, 1.54) is 4.90 Å². The molecule has 0 bridgehead atoms. The van der Waals surface area contributed by atoms with Crippen molar-refractivity contribution in [3.05, 3.63) is 0 Å². The van der Waals surface area contributed by atoms with Crippen LogP contribution in [0.3, 0.4) is 0 Å². The van der Waals surface area contributed by atoms with Crippen molar-refractivity contribution < 1.29 is 40.7 Å². The summed E-state index contributed by atoms with van der Waals surface area (Å²) in [6.07, 6.45) is -8.08. The molecular weight excluding hydrogens is 396 g/mol. The fourth-order valence-electron chi connectivity index (χ4n) is 3.11. The Morgan fingerprint density at radius 3 is 2.18 bits per heavy atom. The molecule has 2 fully saturated rings. The van der Waals surface area contributed by atoms with Crippen LogP contribution in [0.4, 0.5) is 31.1 Å². The third kappa shape index (κ3) is 5.65. The van der Waals surface area contributed by atoms with Gasteiger partial charge in [-0.2, -0.15) is 13.2 Å². The average molecular weight is 419 g/mol. The molecule has 28 heavy (non-hydrogen) atoms. The van der Waals surface area contributed by atoms with Crippen molar-refractivity contribution in [2.75, 3.05) is 39.3 Å². The van der Waals surface area contributed by atoms with Gasteiger partial charge in [0.25, 0.3) is 5.92 Å². The van der Waals surface area contributed by atoms with E-state index in [2.05, 4.69) is 0 Å². The summed E-state index contributed by atoms with van der Waals surface area (Å²) in [5, 5.41) is 0. The zero-order chi connectivity index (χ0) is 21.5. The Labute approximate surface area is 158 Å². The van der Waals surface area contributed by atoms with Gasteiger partial charge in [-0.25, -0.2) is 18.0 Å². The third-order valence-electron chi connectivity index (χ3n) is 4.34. The van der Waals surface area contributed by atoms with E-state index in [1.54, 1.807) is 20.8 Å². The highest BCUT2D eigenvalue weighted by Gasteiger charge is 2.50. The van der Waals surface area contributed by atoms with Crippen LogP contribution < -0.4 is 0 Å². The lowest BCUT2D eigenvalue weighted by Gasteiger charge is -2.40. The van der Waals surface area contributed by atoms with E-state index in [4.69, 9.17) is 4.74 Å². The van der Waals surface area contributed by atoms with E-state index in [0.29, 0.717) is 0 Å². The van der Waals surface area contributed by atoms with Crippen LogP contribution in [0.1, 0.15) is 20.8 Å². The van der Waals surface area contributed by atoms with Crippen LogP contribution in [-0.4, -0.2) is 95.9 Å². The molecule has 2 saturated heterocycles. The highest BCUT2D eigenvalue weighted by molar-refractivity contribution is 5.82. The van der Waals surface area contributed by atoms with Crippen LogP contribution in [-0.2, 0) is 9.53 Å². The number of carbonyl (C=O) groups is 2. The summed E-state index contributed by atoms with van der Waals surface area (Å²) in [6, 6.07) is -1.54. The van der Waals surface area contributed by atoms with Crippen molar-refractivity contribution in [3.8, 4) is 0 Å². The van der Waals surface area contributed by atoms with Gasteiger partial charge in [0.1, 0.15) is 11.8 Å². The fourth-order valence-corrected chi connectivity index (χ4v) is 3.11. The topological polar surface area (TPSA) is 53.1 Å². The van der Waals surface area contributed by atoms with E-state index >= 15 is 0 Å². The van der Waals surface area contributed by atoms with Crippen molar-refractivity contribution in [1.29, 1.82) is 0 Å². The lowest BCUT2D eigenvalue weighted by Crippen LogP contribution is -2.59. The summed E-state index contributed by atoms with van der Waals surface area (Å²) in [5.41, 5.74) is -0.884. The van der Waals surface area contributed by atoms with Gasteiger partial charge in [-0.1, -0.05) is 0 Å². The first kappa shape index (κ1) is 22.6. The minimum atomic E-state index is -5.25. The molecule has 6 nitrogen and oxygen atoms in total. The average Bonchev–Trinajstić information content (AvgIpc) is 2.85. The minimum absolute atomic E-state index is 0.257. The van der Waals surface area contributed by atoms with Crippen molar-refractivity contribution in [2.45, 2.75) is 50.7 Å². The van der Waals surface area contributed by atoms with Crippen LogP contribution in [0.15, 0.2) is 0 Å². The maximum atomic E-state index is 14.4. The zero-order valence-electron chi connectivity index (χ0n) is 15.7. The first-order valence-corrected chi connectivity index (χ1v) is 8.69. The second-order valence-corrected chi connectivity index (χ2v) is 8.03. The number of hydrogen-bond donors (Lipinski definition) is 0. The summed E-state index contributed by atoms with van der Waals surface area (Å²) in [7, 11) is 0. The Morgan fingerprint density at radius 2 is 1.71 bits per heavy atom. The van der Waals surface area contributed by atoms with E-state index in [0.717, 1.165) is 4.90 Å². The largest absolute Gasteiger partial charge is 0.471 e. The second kappa shape index (κ2) is 7.60. The summed E-state index contributed by atoms with van der Waals surface area (Å²) in [4.78, 5) is 26.2. The van der Waals surface area contributed by atoms with Crippen molar-refractivity contribution in [1.82, 2.24) is 14.7 Å². The van der Waals surface area contributed by atoms with Crippen molar-refractivity contribution in [2.24, 2.45) is 0 Å². The first-order valence-electron chi connectivity index (χ1n) is 8.69. The van der Waals surface area contributed by atoms with Gasteiger partial charge in [0, 0.05) is 19.6 Å². The predicted octanol–water partition coefficient (Wildman–Crippen LogP) is 2.29. The molecule has 2 atom stereocenters. The SMILES string of the molecule is CC(C)(C)OC(=O)N1C[C@@H](F)[C@@H](N(CCN2CC(F)(F)C2)C(=O)C(F)(F)F)C1. The molecule has 0 saturated carbocycles. The van der Waals surface area contributed by atoms with Crippen molar-refractivity contribution in [3.63, 3.8) is 0 Å². The molecule has 0 aromatic carbocycles. The number of alkyl halides is 6. The molecule has 0 spiro atoms. The number of halogens is 6. The number of carbonyl (C=O) groups excluding carboxylic acids is 2. The van der Waals surface area contributed by atoms with Gasteiger partial charge in [-0.05, 0) is 20.8 Å². The number of rotatable bonds is 4. The maximum absolute atomic E-state index is 14.4. The first-order chi connectivity index (χ1) is 12.6. The molecule has 0 aliphatic carbocycles. The van der Waals surface area contributed by atoms with Crippen LogP contribution in [0, 0.1) is 0 Å². The Bertz CT molecular complexity index is 599. The standard InChI is InChI=1S/C16H23F6N3O3/c1-14(2,3)28-13(27)24-6-10(17)11(7-24)25(12(26)16(20,21)22)5-4-23-8-15(18,19)9-23/h10-11H,4-9H2,1-3H3/t10-,11+/m1/s1. The van der Waals surface area contributed by atoms with E-state index in [-0.39, 0.29) is 11.4 Å². The number of hydrogen-bond acceptors (Lipinski definition) is 4. The molecule has 0 N–H and O–H groups in total. The molecule has 0 aromatic heterocycles. The molecule has 2 aliphatic rings. The van der Waals surface area contributed by atoms with Crippen molar-refractivity contribution >= 4 is 12.0 Å². The van der Waals surface area contributed by atoms with Gasteiger partial charge in [-0.3, -0.25) is 9.69 Å². The molecule has 2 aliphatic heterocycles. The smallest absolute Gasteiger partial charge is 0.444 e. The summed E-state index contributed by atoms with van der Waals surface area (Å²) in [5.74, 6) is -5.18. The summed E-state index contributed by atoms with van der Waals surface area (Å²) < 4.78 is 84.1. The monoisotopic (exact) mass is 419 g/mol. The minimum Gasteiger partial charge on any atom is -0.444 e. The molecule has 2 amide bonds. The Morgan fingerprint density at radius 1 is 1.14 bits per heavy atom.